The van der Waals surface area contributed by atoms with Gasteiger partial charge in [0.05, 0.1) is 0 Å². The highest BCUT2D eigenvalue weighted by Gasteiger charge is 2.15. The molecule has 2 nitrogen and oxygen atoms in total. The fraction of sp³-hybridized carbons (Fsp3) is 0. The monoisotopic (exact) mass is 278 g/mol. The quantitative estimate of drug-likeness (QED) is 0.740. The van der Waals surface area contributed by atoms with Crippen molar-refractivity contribution in [1.29, 1.82) is 0 Å². The first-order valence-electron chi connectivity index (χ1n) is 4.32. The molecule has 2 rings (SSSR count). The summed E-state index contributed by atoms with van der Waals surface area (Å²) in [6, 6.07) is 2.33. The van der Waals surface area contributed by atoms with E-state index in [4.69, 9.17) is 23.2 Å². The first-order valence-corrected chi connectivity index (χ1v) is 5.08. The lowest BCUT2D eigenvalue weighted by molar-refractivity contribution is 0.496. The van der Waals surface area contributed by atoms with Gasteiger partial charge in [-0.15, -0.1) is 10.2 Å². The van der Waals surface area contributed by atoms with Crippen LogP contribution in [0.2, 0.25) is 10.3 Å². The molecule has 7 heteroatoms. The molecule has 0 aliphatic carbocycles. The van der Waals surface area contributed by atoms with E-state index in [1.807, 2.05) is 0 Å². The summed E-state index contributed by atoms with van der Waals surface area (Å²) in [5.74, 6) is -3.43. The molecular formula is C10H3Cl2F3N2. The van der Waals surface area contributed by atoms with Crippen molar-refractivity contribution in [1.82, 2.24) is 10.2 Å². The Bertz CT molecular complexity index is 590. The minimum atomic E-state index is -1.28. The number of rotatable bonds is 1. The second-order valence-corrected chi connectivity index (χ2v) is 3.86. The fourth-order valence-electron chi connectivity index (χ4n) is 1.27. The third kappa shape index (κ3) is 2.35. The largest absolute Gasteiger partial charge is 0.206 e. The van der Waals surface area contributed by atoms with Crippen LogP contribution < -0.4 is 0 Å². The molecule has 1 heterocycles. The van der Waals surface area contributed by atoms with Gasteiger partial charge in [-0.25, -0.2) is 13.2 Å². The van der Waals surface area contributed by atoms with E-state index in [1.165, 1.54) is 6.07 Å². The number of hydrogen-bond acceptors (Lipinski definition) is 2. The zero-order chi connectivity index (χ0) is 12.6. The van der Waals surface area contributed by atoms with Crippen LogP contribution in [0.4, 0.5) is 13.2 Å². The lowest BCUT2D eigenvalue weighted by Crippen LogP contribution is -1.94. The molecule has 0 atom stereocenters. The summed E-state index contributed by atoms with van der Waals surface area (Å²) in [6.07, 6.45) is 0. The Morgan fingerprint density at radius 3 is 2.12 bits per heavy atom. The van der Waals surface area contributed by atoms with Gasteiger partial charge in [0.25, 0.3) is 0 Å². The van der Waals surface area contributed by atoms with Crippen LogP contribution in [0.25, 0.3) is 11.1 Å². The first-order chi connectivity index (χ1) is 7.99. The maximum Gasteiger partial charge on any atom is 0.161 e. The van der Waals surface area contributed by atoms with Gasteiger partial charge in [-0.05, 0) is 12.1 Å². The molecule has 0 fully saturated rings. The molecule has 0 aliphatic rings. The van der Waals surface area contributed by atoms with Crippen molar-refractivity contribution >= 4 is 23.2 Å². The second kappa shape index (κ2) is 4.50. The van der Waals surface area contributed by atoms with E-state index in [1.54, 1.807) is 0 Å². The molecule has 1 aromatic heterocycles. The number of hydrogen-bond donors (Lipinski definition) is 0. The molecule has 0 spiro atoms. The Hall–Kier alpha value is -1.33. The minimum absolute atomic E-state index is 0.0338. The summed E-state index contributed by atoms with van der Waals surface area (Å²) in [4.78, 5) is 0. The Morgan fingerprint density at radius 1 is 0.765 bits per heavy atom. The summed E-state index contributed by atoms with van der Waals surface area (Å²) < 4.78 is 39.2. The molecule has 0 unspecified atom stereocenters. The third-order valence-electron chi connectivity index (χ3n) is 2.02. The number of benzene rings is 1. The topological polar surface area (TPSA) is 25.8 Å². The van der Waals surface area contributed by atoms with Crippen molar-refractivity contribution in [2.45, 2.75) is 0 Å². The van der Waals surface area contributed by atoms with Gasteiger partial charge in [0.1, 0.15) is 5.82 Å². The molecule has 0 saturated heterocycles. The van der Waals surface area contributed by atoms with Gasteiger partial charge in [0, 0.05) is 17.2 Å². The molecule has 88 valence electrons. The van der Waals surface area contributed by atoms with Gasteiger partial charge in [-0.2, -0.15) is 0 Å². The molecule has 17 heavy (non-hydrogen) atoms. The van der Waals surface area contributed by atoms with Gasteiger partial charge in [0.2, 0.25) is 0 Å². The Kier molecular flexibility index (Phi) is 3.22. The van der Waals surface area contributed by atoms with Gasteiger partial charge in [-0.3, -0.25) is 0 Å². The van der Waals surface area contributed by atoms with Gasteiger partial charge in [0.15, 0.2) is 21.9 Å². The predicted octanol–water partition coefficient (Wildman–Crippen LogP) is 3.87. The van der Waals surface area contributed by atoms with Crippen molar-refractivity contribution in [3.63, 3.8) is 0 Å². The average molecular weight is 279 g/mol. The van der Waals surface area contributed by atoms with Crippen LogP contribution in [0.1, 0.15) is 0 Å². The highest BCUT2D eigenvalue weighted by Crippen LogP contribution is 2.30. The van der Waals surface area contributed by atoms with E-state index in [0.29, 0.717) is 12.1 Å². The van der Waals surface area contributed by atoms with Crippen molar-refractivity contribution in [3.8, 4) is 11.1 Å². The van der Waals surface area contributed by atoms with E-state index in [0.717, 1.165) is 0 Å². The summed E-state index contributed by atoms with van der Waals surface area (Å²) in [7, 11) is 0. The summed E-state index contributed by atoms with van der Waals surface area (Å²) in [6.45, 7) is 0. The highest BCUT2D eigenvalue weighted by molar-refractivity contribution is 6.33. The van der Waals surface area contributed by atoms with E-state index >= 15 is 0 Å². The van der Waals surface area contributed by atoms with Crippen molar-refractivity contribution in [2.24, 2.45) is 0 Å². The molecular weight excluding hydrogens is 276 g/mol. The van der Waals surface area contributed by atoms with E-state index in [-0.39, 0.29) is 21.4 Å². The van der Waals surface area contributed by atoms with E-state index < -0.39 is 17.5 Å². The summed E-state index contributed by atoms with van der Waals surface area (Å²) in [5.41, 5.74) is -0.186. The van der Waals surface area contributed by atoms with Crippen LogP contribution in [-0.4, -0.2) is 10.2 Å². The zero-order valence-corrected chi connectivity index (χ0v) is 9.53. The normalized spacial score (nSPS) is 10.6. The van der Waals surface area contributed by atoms with E-state index in [9.17, 15) is 13.2 Å². The molecule has 0 aliphatic heterocycles. The number of nitrogens with zero attached hydrogens (tertiary/aromatic N) is 2. The minimum Gasteiger partial charge on any atom is -0.206 e. The number of aromatic nitrogens is 2. The predicted molar refractivity (Wildman–Crippen MR) is 57.4 cm³/mol. The summed E-state index contributed by atoms with van der Waals surface area (Å²) in [5, 5.41) is 6.69. The van der Waals surface area contributed by atoms with Crippen LogP contribution in [0.5, 0.6) is 0 Å². The molecule has 0 amide bonds. The Morgan fingerprint density at radius 2 is 1.41 bits per heavy atom. The van der Waals surface area contributed by atoms with Crippen LogP contribution in [-0.2, 0) is 0 Å². The lowest BCUT2D eigenvalue weighted by Gasteiger charge is -2.05. The smallest absolute Gasteiger partial charge is 0.161 e. The van der Waals surface area contributed by atoms with E-state index in [2.05, 4.69) is 10.2 Å². The molecule has 0 N–H and O–H groups in total. The fourth-order valence-corrected chi connectivity index (χ4v) is 1.61. The first kappa shape index (κ1) is 12.1. The van der Waals surface area contributed by atoms with Crippen LogP contribution in [0.15, 0.2) is 18.2 Å². The van der Waals surface area contributed by atoms with Crippen molar-refractivity contribution in [2.75, 3.05) is 0 Å². The Labute approximate surface area is 104 Å². The highest BCUT2D eigenvalue weighted by atomic mass is 35.5. The maximum absolute atomic E-state index is 13.5. The van der Waals surface area contributed by atoms with Crippen molar-refractivity contribution in [3.05, 3.63) is 46.0 Å². The van der Waals surface area contributed by atoms with Crippen molar-refractivity contribution < 1.29 is 13.2 Å². The zero-order valence-electron chi connectivity index (χ0n) is 8.02. The maximum atomic E-state index is 13.5. The molecule has 1 aromatic carbocycles. The number of halogens is 5. The average Bonchev–Trinajstić information content (AvgIpc) is 2.27. The Balaban J connectivity index is 2.68. The summed E-state index contributed by atoms with van der Waals surface area (Å²) >= 11 is 11.2. The van der Waals surface area contributed by atoms with Gasteiger partial charge >= 0.3 is 0 Å². The third-order valence-corrected chi connectivity index (χ3v) is 2.48. The van der Waals surface area contributed by atoms with Crippen LogP contribution >= 0.6 is 23.2 Å². The van der Waals surface area contributed by atoms with Crippen LogP contribution in [0, 0.1) is 17.5 Å². The van der Waals surface area contributed by atoms with Gasteiger partial charge in [-0.1, -0.05) is 23.2 Å². The second-order valence-electron chi connectivity index (χ2n) is 3.12. The molecule has 2 aromatic rings. The SMILES string of the molecule is Fc1cc(F)c(-c2cc(Cl)nnc2Cl)cc1F. The van der Waals surface area contributed by atoms with Crippen LogP contribution in [0.3, 0.4) is 0 Å². The molecule has 0 saturated carbocycles. The molecule has 0 bridgehead atoms. The lowest BCUT2D eigenvalue weighted by atomic mass is 10.1. The molecule has 0 radical (unpaired) electrons. The van der Waals surface area contributed by atoms with Gasteiger partial charge < -0.3 is 0 Å². The standard InChI is InChI=1S/C10H3Cl2F3N2/c11-9-2-5(10(12)17-16-9)4-1-7(14)8(15)3-6(4)13/h1-3H.